The average molecular weight is 171 g/mol. The van der Waals surface area contributed by atoms with E-state index in [1.54, 1.807) is 0 Å². The lowest BCUT2D eigenvalue weighted by molar-refractivity contribution is 0.103. The second kappa shape index (κ2) is 4.98. The zero-order chi connectivity index (χ0) is 8.81. The molecule has 0 saturated carbocycles. The molecule has 0 aromatic heterocycles. The minimum atomic E-state index is 0.183. The molecule has 0 aliphatic carbocycles. The minimum absolute atomic E-state index is 0.183. The van der Waals surface area contributed by atoms with Crippen LogP contribution in [0, 0.1) is 0 Å². The number of ether oxygens (including phenoxy) is 1. The van der Waals surface area contributed by atoms with Gasteiger partial charge in [-0.25, -0.2) is 0 Å². The third-order valence-corrected chi connectivity index (χ3v) is 2.00. The predicted molar refractivity (Wildman–Crippen MR) is 48.9 cm³/mol. The van der Waals surface area contributed by atoms with Gasteiger partial charge in [-0.15, -0.1) is 0 Å². The Bertz CT molecular complexity index is 148. The maximum absolute atomic E-state index is 5.45. The van der Waals surface area contributed by atoms with Gasteiger partial charge in [0.1, 0.15) is 0 Å². The van der Waals surface area contributed by atoms with Crippen molar-refractivity contribution in [1.29, 1.82) is 0 Å². The van der Waals surface area contributed by atoms with Crippen molar-refractivity contribution in [3.05, 3.63) is 0 Å². The van der Waals surface area contributed by atoms with Crippen LogP contribution < -0.4 is 11.5 Å². The van der Waals surface area contributed by atoms with Gasteiger partial charge in [-0.3, -0.25) is 4.99 Å². The first-order chi connectivity index (χ1) is 5.79. The normalized spacial score (nSPS) is 22.5. The summed E-state index contributed by atoms with van der Waals surface area (Å²) in [6.07, 6.45) is 4.95. The van der Waals surface area contributed by atoms with Crippen LogP contribution in [0.4, 0.5) is 0 Å². The Hall–Kier alpha value is -0.770. The van der Waals surface area contributed by atoms with Crippen LogP contribution in [0.5, 0.6) is 0 Å². The molecule has 0 aromatic rings. The van der Waals surface area contributed by atoms with Crippen molar-refractivity contribution in [3.8, 4) is 0 Å². The van der Waals surface area contributed by atoms with Crippen molar-refractivity contribution in [2.45, 2.75) is 31.8 Å². The number of aliphatic imine (C=N–C) groups is 1. The summed E-state index contributed by atoms with van der Waals surface area (Å²) >= 11 is 0. The fraction of sp³-hybridized carbons (Fsp3) is 0.875. The van der Waals surface area contributed by atoms with E-state index < -0.39 is 0 Å². The van der Waals surface area contributed by atoms with Gasteiger partial charge in [0.05, 0.1) is 6.10 Å². The van der Waals surface area contributed by atoms with E-state index in [0.29, 0.717) is 6.10 Å². The monoisotopic (exact) mass is 171 g/mol. The molecule has 0 spiro atoms. The smallest absolute Gasteiger partial charge is 0.185 e. The summed E-state index contributed by atoms with van der Waals surface area (Å²) in [5, 5.41) is 0. The van der Waals surface area contributed by atoms with E-state index in [1.165, 1.54) is 12.8 Å². The third kappa shape index (κ3) is 3.57. The van der Waals surface area contributed by atoms with Crippen LogP contribution in [0.2, 0.25) is 0 Å². The average Bonchev–Trinajstić information content (AvgIpc) is 2.49. The third-order valence-electron chi connectivity index (χ3n) is 2.00. The lowest BCUT2D eigenvalue weighted by atomic mass is 10.1. The first-order valence-electron chi connectivity index (χ1n) is 4.46. The lowest BCUT2D eigenvalue weighted by Gasteiger charge is -2.06. The van der Waals surface area contributed by atoms with Gasteiger partial charge in [0.2, 0.25) is 0 Å². The molecule has 0 amide bonds. The summed E-state index contributed by atoms with van der Waals surface area (Å²) in [6, 6.07) is 0. The van der Waals surface area contributed by atoms with E-state index in [0.717, 1.165) is 26.0 Å². The van der Waals surface area contributed by atoms with E-state index in [4.69, 9.17) is 16.2 Å². The first-order valence-corrected chi connectivity index (χ1v) is 4.46. The summed E-state index contributed by atoms with van der Waals surface area (Å²) in [5.74, 6) is 0.183. The maximum Gasteiger partial charge on any atom is 0.185 e. The quantitative estimate of drug-likeness (QED) is 0.361. The lowest BCUT2D eigenvalue weighted by Crippen LogP contribution is -2.23. The van der Waals surface area contributed by atoms with Crippen LogP contribution in [0.1, 0.15) is 25.7 Å². The molecule has 4 N–H and O–H groups in total. The molecule has 1 atom stereocenters. The number of guanidine groups is 1. The molecule has 0 radical (unpaired) electrons. The molecule has 1 aliphatic heterocycles. The Balaban J connectivity index is 1.98. The maximum atomic E-state index is 5.45. The van der Waals surface area contributed by atoms with E-state index >= 15 is 0 Å². The second-order valence-corrected chi connectivity index (χ2v) is 3.08. The van der Waals surface area contributed by atoms with Crippen molar-refractivity contribution >= 4 is 5.96 Å². The Labute approximate surface area is 73.0 Å². The SMILES string of the molecule is NC(N)=NCCCC1CCCO1. The van der Waals surface area contributed by atoms with Gasteiger partial charge in [-0.1, -0.05) is 0 Å². The highest BCUT2D eigenvalue weighted by atomic mass is 16.5. The van der Waals surface area contributed by atoms with Crippen LogP contribution in [-0.2, 0) is 4.74 Å². The molecule has 0 bridgehead atoms. The fourth-order valence-electron chi connectivity index (χ4n) is 1.40. The Morgan fingerprint density at radius 1 is 1.50 bits per heavy atom. The molecular weight excluding hydrogens is 154 g/mol. The molecule has 1 aliphatic rings. The number of hydrogen-bond acceptors (Lipinski definition) is 2. The highest BCUT2D eigenvalue weighted by Crippen LogP contribution is 2.16. The summed E-state index contributed by atoms with van der Waals surface area (Å²) in [7, 11) is 0. The Kier molecular flexibility index (Phi) is 3.87. The van der Waals surface area contributed by atoms with E-state index in [9.17, 15) is 0 Å². The van der Waals surface area contributed by atoms with Gasteiger partial charge in [0.25, 0.3) is 0 Å². The summed E-state index contributed by atoms with van der Waals surface area (Å²) in [4.78, 5) is 3.90. The molecule has 4 nitrogen and oxygen atoms in total. The Morgan fingerprint density at radius 3 is 2.92 bits per heavy atom. The van der Waals surface area contributed by atoms with E-state index in [2.05, 4.69) is 4.99 Å². The minimum Gasteiger partial charge on any atom is -0.378 e. The van der Waals surface area contributed by atoms with Crippen LogP contribution in [0.3, 0.4) is 0 Å². The van der Waals surface area contributed by atoms with E-state index in [1.807, 2.05) is 0 Å². The van der Waals surface area contributed by atoms with Gasteiger partial charge in [-0.2, -0.15) is 0 Å². The largest absolute Gasteiger partial charge is 0.378 e. The molecule has 1 unspecified atom stereocenters. The number of nitrogens with zero attached hydrogens (tertiary/aromatic N) is 1. The molecule has 1 rings (SSSR count). The van der Waals surface area contributed by atoms with E-state index in [-0.39, 0.29) is 5.96 Å². The van der Waals surface area contributed by atoms with Crippen LogP contribution >= 0.6 is 0 Å². The number of rotatable bonds is 4. The van der Waals surface area contributed by atoms with Gasteiger partial charge < -0.3 is 16.2 Å². The predicted octanol–water partition coefficient (Wildman–Crippen LogP) is 0.219. The highest BCUT2D eigenvalue weighted by molar-refractivity contribution is 5.75. The fourth-order valence-corrected chi connectivity index (χ4v) is 1.40. The topological polar surface area (TPSA) is 73.6 Å². The molecule has 70 valence electrons. The van der Waals surface area contributed by atoms with Gasteiger partial charge >= 0.3 is 0 Å². The zero-order valence-corrected chi connectivity index (χ0v) is 7.33. The van der Waals surface area contributed by atoms with Crippen molar-refractivity contribution in [1.82, 2.24) is 0 Å². The van der Waals surface area contributed by atoms with Crippen molar-refractivity contribution in [2.75, 3.05) is 13.2 Å². The van der Waals surface area contributed by atoms with Crippen molar-refractivity contribution in [2.24, 2.45) is 16.5 Å². The molecule has 1 saturated heterocycles. The number of hydrogen-bond donors (Lipinski definition) is 2. The molecule has 4 heteroatoms. The number of nitrogens with two attached hydrogens (primary N) is 2. The van der Waals surface area contributed by atoms with Crippen LogP contribution in [0.15, 0.2) is 4.99 Å². The van der Waals surface area contributed by atoms with Crippen LogP contribution in [-0.4, -0.2) is 25.2 Å². The standard InChI is InChI=1S/C8H17N3O/c9-8(10)11-5-1-3-7-4-2-6-12-7/h7H,1-6H2,(H4,9,10,11). The van der Waals surface area contributed by atoms with Crippen molar-refractivity contribution < 1.29 is 4.74 Å². The molecule has 1 heterocycles. The summed E-state index contributed by atoms with van der Waals surface area (Å²) in [5.41, 5.74) is 10.4. The molecule has 0 aromatic carbocycles. The van der Waals surface area contributed by atoms with Crippen molar-refractivity contribution in [3.63, 3.8) is 0 Å². The van der Waals surface area contributed by atoms with Gasteiger partial charge in [0, 0.05) is 13.2 Å². The molecule has 1 fully saturated rings. The Morgan fingerprint density at radius 2 is 2.33 bits per heavy atom. The summed E-state index contributed by atoms with van der Waals surface area (Å²) in [6.45, 7) is 1.65. The second-order valence-electron chi connectivity index (χ2n) is 3.08. The van der Waals surface area contributed by atoms with Crippen LogP contribution in [0.25, 0.3) is 0 Å². The zero-order valence-electron chi connectivity index (χ0n) is 7.33. The molecule has 12 heavy (non-hydrogen) atoms. The molecular formula is C8H17N3O. The summed E-state index contributed by atoms with van der Waals surface area (Å²) < 4.78 is 5.45. The first kappa shape index (κ1) is 9.32. The van der Waals surface area contributed by atoms with Gasteiger partial charge in [0.15, 0.2) is 5.96 Å². The highest BCUT2D eigenvalue weighted by Gasteiger charge is 2.13. The van der Waals surface area contributed by atoms with Gasteiger partial charge in [-0.05, 0) is 25.7 Å².